The van der Waals surface area contributed by atoms with E-state index in [2.05, 4.69) is 22.4 Å². The van der Waals surface area contributed by atoms with Crippen LogP contribution in [-0.4, -0.2) is 17.2 Å². The van der Waals surface area contributed by atoms with Crippen LogP contribution in [0, 0.1) is 5.92 Å². The summed E-state index contributed by atoms with van der Waals surface area (Å²) >= 11 is 0. The SMILES string of the molecule is CCC(NC)c1nnc(CC2CC2)o1. The van der Waals surface area contributed by atoms with E-state index < -0.39 is 0 Å². The van der Waals surface area contributed by atoms with Crippen LogP contribution < -0.4 is 5.32 Å². The topological polar surface area (TPSA) is 51.0 Å². The first-order chi connectivity index (χ1) is 6.83. The van der Waals surface area contributed by atoms with Crippen molar-refractivity contribution in [2.24, 2.45) is 5.92 Å². The highest BCUT2D eigenvalue weighted by Crippen LogP contribution is 2.32. The molecule has 1 heterocycles. The van der Waals surface area contributed by atoms with Crippen molar-refractivity contribution in [3.63, 3.8) is 0 Å². The number of nitrogens with one attached hydrogen (secondary N) is 1. The lowest BCUT2D eigenvalue weighted by molar-refractivity contribution is 0.382. The van der Waals surface area contributed by atoms with Crippen molar-refractivity contribution in [1.29, 1.82) is 0 Å². The highest BCUT2D eigenvalue weighted by atomic mass is 16.4. The number of hydrogen-bond donors (Lipinski definition) is 1. The van der Waals surface area contributed by atoms with Crippen molar-refractivity contribution in [3.8, 4) is 0 Å². The molecule has 0 spiro atoms. The third-order valence-electron chi connectivity index (χ3n) is 2.70. The van der Waals surface area contributed by atoms with Gasteiger partial charge in [0, 0.05) is 6.42 Å². The molecule has 1 aromatic rings. The van der Waals surface area contributed by atoms with E-state index in [1.54, 1.807) is 0 Å². The molecule has 1 fully saturated rings. The molecular formula is C10H17N3O. The molecule has 0 saturated heterocycles. The van der Waals surface area contributed by atoms with Gasteiger partial charge in [-0.15, -0.1) is 10.2 Å². The molecule has 1 aromatic heterocycles. The monoisotopic (exact) mass is 195 g/mol. The van der Waals surface area contributed by atoms with Gasteiger partial charge in [0.05, 0.1) is 6.04 Å². The molecule has 0 aromatic carbocycles. The summed E-state index contributed by atoms with van der Waals surface area (Å²) in [6.07, 6.45) is 4.58. The second-order valence-electron chi connectivity index (χ2n) is 3.93. The van der Waals surface area contributed by atoms with Gasteiger partial charge in [-0.3, -0.25) is 0 Å². The molecule has 1 aliphatic rings. The van der Waals surface area contributed by atoms with Crippen molar-refractivity contribution in [2.45, 2.75) is 38.6 Å². The molecule has 1 atom stereocenters. The number of rotatable bonds is 5. The molecule has 2 rings (SSSR count). The zero-order chi connectivity index (χ0) is 9.97. The highest BCUT2D eigenvalue weighted by molar-refractivity contribution is 4.92. The summed E-state index contributed by atoms with van der Waals surface area (Å²) in [5, 5.41) is 11.3. The Hall–Kier alpha value is -0.900. The molecule has 0 amide bonds. The maximum atomic E-state index is 5.59. The average molecular weight is 195 g/mol. The van der Waals surface area contributed by atoms with E-state index in [0.29, 0.717) is 0 Å². The van der Waals surface area contributed by atoms with Gasteiger partial charge in [0.1, 0.15) is 0 Å². The molecule has 0 aliphatic heterocycles. The van der Waals surface area contributed by atoms with E-state index in [0.717, 1.165) is 30.5 Å². The molecule has 1 unspecified atom stereocenters. The van der Waals surface area contributed by atoms with E-state index in [9.17, 15) is 0 Å². The average Bonchev–Trinajstić information content (AvgIpc) is 2.88. The zero-order valence-corrected chi connectivity index (χ0v) is 8.79. The van der Waals surface area contributed by atoms with Crippen LogP contribution >= 0.6 is 0 Å². The summed E-state index contributed by atoms with van der Waals surface area (Å²) in [5.74, 6) is 2.33. The van der Waals surface area contributed by atoms with Crippen LogP contribution in [0.2, 0.25) is 0 Å². The second-order valence-corrected chi connectivity index (χ2v) is 3.93. The van der Waals surface area contributed by atoms with Crippen molar-refractivity contribution in [1.82, 2.24) is 15.5 Å². The van der Waals surface area contributed by atoms with Crippen LogP contribution in [0.15, 0.2) is 4.42 Å². The van der Waals surface area contributed by atoms with E-state index >= 15 is 0 Å². The smallest absolute Gasteiger partial charge is 0.233 e. The van der Waals surface area contributed by atoms with E-state index in [1.165, 1.54) is 12.8 Å². The van der Waals surface area contributed by atoms with Crippen LogP contribution in [0.5, 0.6) is 0 Å². The molecule has 14 heavy (non-hydrogen) atoms. The molecule has 1 aliphatic carbocycles. The third-order valence-corrected chi connectivity index (χ3v) is 2.70. The molecule has 4 heteroatoms. The lowest BCUT2D eigenvalue weighted by atomic mass is 10.2. The molecule has 1 saturated carbocycles. The van der Waals surface area contributed by atoms with Gasteiger partial charge in [0.15, 0.2) is 0 Å². The van der Waals surface area contributed by atoms with E-state index in [4.69, 9.17) is 4.42 Å². The fraction of sp³-hybridized carbons (Fsp3) is 0.800. The van der Waals surface area contributed by atoms with Gasteiger partial charge in [-0.2, -0.15) is 0 Å². The summed E-state index contributed by atoms with van der Waals surface area (Å²) in [5.41, 5.74) is 0. The van der Waals surface area contributed by atoms with Crippen LogP contribution in [0.25, 0.3) is 0 Å². The van der Waals surface area contributed by atoms with Gasteiger partial charge in [-0.1, -0.05) is 6.92 Å². The summed E-state index contributed by atoms with van der Waals surface area (Å²) in [7, 11) is 1.92. The molecule has 1 N–H and O–H groups in total. The summed E-state index contributed by atoms with van der Waals surface area (Å²) in [6.45, 7) is 2.10. The van der Waals surface area contributed by atoms with Crippen LogP contribution in [0.4, 0.5) is 0 Å². The van der Waals surface area contributed by atoms with Crippen molar-refractivity contribution >= 4 is 0 Å². The minimum absolute atomic E-state index is 0.204. The standard InChI is InChI=1S/C10H17N3O/c1-3-8(11-2)10-13-12-9(14-10)6-7-4-5-7/h7-8,11H,3-6H2,1-2H3. The first-order valence-corrected chi connectivity index (χ1v) is 5.33. The van der Waals surface area contributed by atoms with E-state index in [-0.39, 0.29) is 6.04 Å². The lowest BCUT2D eigenvalue weighted by Gasteiger charge is -2.06. The molecule has 78 valence electrons. The Labute approximate surface area is 84.1 Å². The minimum Gasteiger partial charge on any atom is -0.424 e. The van der Waals surface area contributed by atoms with E-state index in [1.807, 2.05) is 7.05 Å². The Balaban J connectivity index is 1.99. The van der Waals surface area contributed by atoms with Gasteiger partial charge >= 0.3 is 0 Å². The lowest BCUT2D eigenvalue weighted by Crippen LogP contribution is -2.15. The molecular weight excluding hydrogens is 178 g/mol. The van der Waals surface area contributed by atoms with Crippen molar-refractivity contribution < 1.29 is 4.42 Å². The first kappa shape index (κ1) is 9.65. The van der Waals surface area contributed by atoms with Gasteiger partial charge < -0.3 is 9.73 Å². The third kappa shape index (κ3) is 2.12. The Morgan fingerprint density at radius 1 is 1.50 bits per heavy atom. The maximum Gasteiger partial charge on any atom is 0.233 e. The summed E-state index contributed by atoms with van der Waals surface area (Å²) in [4.78, 5) is 0. The normalized spacial score (nSPS) is 18.4. The van der Waals surface area contributed by atoms with Crippen LogP contribution in [0.1, 0.15) is 44.0 Å². The van der Waals surface area contributed by atoms with Crippen molar-refractivity contribution in [3.05, 3.63) is 11.8 Å². The largest absolute Gasteiger partial charge is 0.424 e. The Bertz CT molecular complexity index is 289. The maximum absolute atomic E-state index is 5.59. The molecule has 4 nitrogen and oxygen atoms in total. The predicted octanol–water partition coefficient (Wildman–Crippen LogP) is 1.69. The minimum atomic E-state index is 0.204. The Morgan fingerprint density at radius 3 is 2.86 bits per heavy atom. The fourth-order valence-corrected chi connectivity index (χ4v) is 1.56. The summed E-state index contributed by atoms with van der Waals surface area (Å²) < 4.78 is 5.59. The first-order valence-electron chi connectivity index (χ1n) is 5.33. The highest BCUT2D eigenvalue weighted by Gasteiger charge is 2.25. The van der Waals surface area contributed by atoms with Crippen LogP contribution in [0.3, 0.4) is 0 Å². The van der Waals surface area contributed by atoms with Gasteiger partial charge in [0.25, 0.3) is 0 Å². The number of nitrogens with zero attached hydrogens (tertiary/aromatic N) is 2. The van der Waals surface area contributed by atoms with Crippen molar-refractivity contribution in [2.75, 3.05) is 7.05 Å². The number of aromatic nitrogens is 2. The quantitative estimate of drug-likeness (QED) is 0.776. The number of hydrogen-bond acceptors (Lipinski definition) is 4. The predicted molar refractivity (Wildman–Crippen MR) is 52.8 cm³/mol. The van der Waals surface area contributed by atoms with Gasteiger partial charge in [0.2, 0.25) is 11.8 Å². The van der Waals surface area contributed by atoms with Crippen LogP contribution in [-0.2, 0) is 6.42 Å². The summed E-state index contributed by atoms with van der Waals surface area (Å²) in [6, 6.07) is 0.204. The van der Waals surface area contributed by atoms with Gasteiger partial charge in [-0.05, 0) is 32.2 Å². The molecule has 0 radical (unpaired) electrons. The fourth-order valence-electron chi connectivity index (χ4n) is 1.56. The Morgan fingerprint density at radius 2 is 2.29 bits per heavy atom. The second kappa shape index (κ2) is 4.09. The van der Waals surface area contributed by atoms with Gasteiger partial charge in [-0.25, -0.2) is 0 Å². The zero-order valence-electron chi connectivity index (χ0n) is 8.79. The Kier molecular flexibility index (Phi) is 2.82. The molecule has 0 bridgehead atoms.